The summed E-state index contributed by atoms with van der Waals surface area (Å²) >= 11 is 0. The first kappa shape index (κ1) is 13.8. The Morgan fingerprint density at radius 2 is 1.75 bits per heavy atom. The van der Waals surface area contributed by atoms with E-state index in [9.17, 15) is 20.4 Å². The third kappa shape index (κ3) is 2.53. The monoisotopic (exact) mass is 236 g/mol. The van der Waals surface area contributed by atoms with Crippen LogP contribution in [-0.4, -0.2) is 62.3 Å². The molecule has 1 saturated heterocycles. The van der Waals surface area contributed by atoms with Crippen LogP contribution in [0.1, 0.15) is 20.3 Å². The standard InChI is InChI=1S/C10H20O6/c1-5(2)3-10(15)9(14)8(13)7(12)6(4-11)16-10/h5-9,11-15H,3-4H2,1-2H3/t6-,7+,8+,9-,10-/m1/s1. The molecule has 16 heavy (non-hydrogen) atoms. The molecule has 0 unspecified atom stereocenters. The molecule has 5 atom stereocenters. The second-order valence-electron chi connectivity index (χ2n) is 4.71. The smallest absolute Gasteiger partial charge is 0.195 e. The predicted molar refractivity (Wildman–Crippen MR) is 54.4 cm³/mol. The minimum atomic E-state index is -1.93. The molecule has 0 saturated carbocycles. The third-order valence-corrected chi connectivity index (χ3v) is 2.75. The summed E-state index contributed by atoms with van der Waals surface area (Å²) in [5.74, 6) is -1.90. The molecule has 5 N–H and O–H groups in total. The summed E-state index contributed by atoms with van der Waals surface area (Å²) in [5.41, 5.74) is 0. The Balaban J connectivity index is 2.85. The highest BCUT2D eigenvalue weighted by atomic mass is 16.7. The molecule has 6 heteroatoms. The first-order valence-electron chi connectivity index (χ1n) is 5.37. The fourth-order valence-corrected chi connectivity index (χ4v) is 1.97. The molecule has 1 aliphatic rings. The van der Waals surface area contributed by atoms with Crippen molar-refractivity contribution >= 4 is 0 Å². The van der Waals surface area contributed by atoms with Crippen molar-refractivity contribution in [2.75, 3.05) is 6.61 Å². The van der Waals surface area contributed by atoms with Crippen LogP contribution in [0.4, 0.5) is 0 Å². The maximum Gasteiger partial charge on any atom is 0.195 e. The lowest BCUT2D eigenvalue weighted by atomic mass is 9.88. The Morgan fingerprint density at radius 1 is 1.19 bits per heavy atom. The highest BCUT2D eigenvalue weighted by Gasteiger charge is 2.52. The Kier molecular flexibility index (Phi) is 4.28. The van der Waals surface area contributed by atoms with E-state index in [0.717, 1.165) is 0 Å². The van der Waals surface area contributed by atoms with E-state index in [4.69, 9.17) is 9.84 Å². The van der Waals surface area contributed by atoms with Gasteiger partial charge in [-0.1, -0.05) is 13.8 Å². The van der Waals surface area contributed by atoms with E-state index >= 15 is 0 Å². The van der Waals surface area contributed by atoms with Gasteiger partial charge in [0.25, 0.3) is 0 Å². The van der Waals surface area contributed by atoms with Crippen LogP contribution < -0.4 is 0 Å². The largest absolute Gasteiger partial charge is 0.394 e. The fourth-order valence-electron chi connectivity index (χ4n) is 1.97. The molecule has 0 radical (unpaired) electrons. The molecular formula is C10H20O6. The Bertz CT molecular complexity index is 231. The normalized spacial score (nSPS) is 45.0. The zero-order chi connectivity index (χ0) is 12.5. The van der Waals surface area contributed by atoms with E-state index in [1.807, 2.05) is 13.8 Å². The van der Waals surface area contributed by atoms with Crippen LogP contribution >= 0.6 is 0 Å². The zero-order valence-corrected chi connectivity index (χ0v) is 9.45. The number of hydrogen-bond donors (Lipinski definition) is 5. The Morgan fingerprint density at radius 3 is 2.19 bits per heavy atom. The van der Waals surface area contributed by atoms with Gasteiger partial charge in [0.05, 0.1) is 6.61 Å². The molecule has 96 valence electrons. The summed E-state index contributed by atoms with van der Waals surface area (Å²) < 4.78 is 5.07. The van der Waals surface area contributed by atoms with Crippen LogP contribution in [0, 0.1) is 5.92 Å². The minimum absolute atomic E-state index is 0.0291. The predicted octanol–water partition coefficient (Wildman–Crippen LogP) is -1.81. The van der Waals surface area contributed by atoms with Gasteiger partial charge in [-0.2, -0.15) is 0 Å². The lowest BCUT2D eigenvalue weighted by molar-refractivity contribution is -0.353. The molecule has 6 nitrogen and oxygen atoms in total. The molecule has 1 aliphatic heterocycles. The molecule has 0 amide bonds. The summed E-state index contributed by atoms with van der Waals surface area (Å²) in [6.07, 6.45) is -5.52. The summed E-state index contributed by atoms with van der Waals surface area (Å²) in [5, 5.41) is 47.7. The number of ether oxygens (including phenoxy) is 1. The molecule has 1 fully saturated rings. The summed E-state index contributed by atoms with van der Waals surface area (Å²) in [6, 6.07) is 0. The molecule has 0 spiro atoms. The number of aliphatic hydroxyl groups excluding tert-OH is 4. The van der Waals surface area contributed by atoms with Crippen molar-refractivity contribution in [1.29, 1.82) is 0 Å². The average molecular weight is 236 g/mol. The second kappa shape index (κ2) is 4.95. The quantitative estimate of drug-likeness (QED) is 0.395. The summed E-state index contributed by atoms with van der Waals surface area (Å²) in [7, 11) is 0. The molecule has 0 aromatic carbocycles. The van der Waals surface area contributed by atoms with Gasteiger partial charge in [0.15, 0.2) is 5.79 Å². The van der Waals surface area contributed by atoms with Gasteiger partial charge in [0, 0.05) is 6.42 Å². The van der Waals surface area contributed by atoms with E-state index in [2.05, 4.69) is 0 Å². The topological polar surface area (TPSA) is 110 Å². The van der Waals surface area contributed by atoms with Crippen molar-refractivity contribution in [2.45, 2.75) is 50.5 Å². The average Bonchev–Trinajstić information content (AvgIpc) is 2.20. The van der Waals surface area contributed by atoms with Crippen LogP contribution in [0.3, 0.4) is 0 Å². The molecule has 0 aromatic rings. The van der Waals surface area contributed by atoms with E-state index in [-0.39, 0.29) is 12.3 Å². The summed E-state index contributed by atoms with van der Waals surface area (Å²) in [6.45, 7) is 3.10. The van der Waals surface area contributed by atoms with Gasteiger partial charge in [-0.05, 0) is 5.92 Å². The highest BCUT2D eigenvalue weighted by Crippen LogP contribution is 2.32. The van der Waals surface area contributed by atoms with Crippen LogP contribution in [0.5, 0.6) is 0 Å². The third-order valence-electron chi connectivity index (χ3n) is 2.75. The maximum atomic E-state index is 10.0. The minimum Gasteiger partial charge on any atom is -0.394 e. The van der Waals surface area contributed by atoms with Gasteiger partial charge in [-0.15, -0.1) is 0 Å². The highest BCUT2D eigenvalue weighted by molar-refractivity contribution is 4.96. The Hall–Kier alpha value is -0.240. The van der Waals surface area contributed by atoms with Crippen molar-refractivity contribution in [3.8, 4) is 0 Å². The van der Waals surface area contributed by atoms with Crippen LogP contribution in [-0.2, 0) is 4.74 Å². The molecular weight excluding hydrogens is 216 g/mol. The molecule has 1 heterocycles. The van der Waals surface area contributed by atoms with E-state index in [0.29, 0.717) is 0 Å². The van der Waals surface area contributed by atoms with Crippen LogP contribution in [0.25, 0.3) is 0 Å². The summed E-state index contributed by atoms with van der Waals surface area (Å²) in [4.78, 5) is 0. The van der Waals surface area contributed by atoms with Gasteiger partial charge in [0.1, 0.15) is 24.4 Å². The second-order valence-corrected chi connectivity index (χ2v) is 4.71. The van der Waals surface area contributed by atoms with Crippen LogP contribution in [0.2, 0.25) is 0 Å². The van der Waals surface area contributed by atoms with Gasteiger partial charge in [0.2, 0.25) is 0 Å². The maximum absolute atomic E-state index is 10.0. The number of rotatable bonds is 3. The van der Waals surface area contributed by atoms with Crippen molar-refractivity contribution in [3.63, 3.8) is 0 Å². The van der Waals surface area contributed by atoms with Crippen molar-refractivity contribution in [1.82, 2.24) is 0 Å². The SMILES string of the molecule is CC(C)C[C@@]1(O)O[C@H](CO)[C@H](O)[C@H](O)[C@H]1O. The van der Waals surface area contributed by atoms with Gasteiger partial charge in [-0.3, -0.25) is 0 Å². The first-order valence-corrected chi connectivity index (χ1v) is 5.37. The molecule has 1 rings (SSSR count). The number of aliphatic hydroxyl groups is 5. The zero-order valence-electron chi connectivity index (χ0n) is 9.45. The molecule has 0 bridgehead atoms. The van der Waals surface area contributed by atoms with E-state index in [1.165, 1.54) is 0 Å². The van der Waals surface area contributed by atoms with Crippen molar-refractivity contribution < 1.29 is 30.3 Å². The first-order chi connectivity index (χ1) is 7.31. The van der Waals surface area contributed by atoms with E-state index in [1.54, 1.807) is 0 Å². The number of hydrogen-bond acceptors (Lipinski definition) is 6. The van der Waals surface area contributed by atoms with Crippen LogP contribution in [0.15, 0.2) is 0 Å². The Labute approximate surface area is 94.1 Å². The molecule has 0 aromatic heterocycles. The van der Waals surface area contributed by atoms with Gasteiger partial charge in [-0.25, -0.2) is 0 Å². The lowest BCUT2D eigenvalue weighted by Gasteiger charge is -2.46. The van der Waals surface area contributed by atoms with Crippen molar-refractivity contribution in [3.05, 3.63) is 0 Å². The fraction of sp³-hybridized carbons (Fsp3) is 1.00. The van der Waals surface area contributed by atoms with Gasteiger partial charge >= 0.3 is 0 Å². The molecule has 0 aliphatic carbocycles. The van der Waals surface area contributed by atoms with E-state index < -0.39 is 36.8 Å². The lowest BCUT2D eigenvalue weighted by Crippen LogP contribution is -2.65. The van der Waals surface area contributed by atoms with Gasteiger partial charge < -0.3 is 30.3 Å². The van der Waals surface area contributed by atoms with Crippen molar-refractivity contribution in [2.24, 2.45) is 5.92 Å².